The summed E-state index contributed by atoms with van der Waals surface area (Å²) < 4.78 is 6.13. The van der Waals surface area contributed by atoms with E-state index in [0.717, 1.165) is 22.7 Å². The van der Waals surface area contributed by atoms with Gasteiger partial charge in [-0.15, -0.1) is 0 Å². The number of imide groups is 2. The van der Waals surface area contributed by atoms with E-state index in [1.807, 2.05) is 12.1 Å². The second-order valence-corrected chi connectivity index (χ2v) is 12.4. The lowest BCUT2D eigenvalue weighted by molar-refractivity contribution is -0.122. The second-order valence-electron chi connectivity index (χ2n) is 11.1. The lowest BCUT2D eigenvalue weighted by Gasteiger charge is -2.57. The molecule has 1 saturated heterocycles. The van der Waals surface area contributed by atoms with Gasteiger partial charge in [-0.25, -0.2) is 9.69 Å². The Balaban J connectivity index is 1.27. The Morgan fingerprint density at radius 2 is 1.68 bits per heavy atom. The summed E-state index contributed by atoms with van der Waals surface area (Å²) in [4.78, 5) is 39.9. The molecule has 0 spiro atoms. The minimum absolute atomic E-state index is 0.155. The van der Waals surface area contributed by atoms with Crippen molar-refractivity contribution in [2.24, 2.45) is 17.8 Å². The van der Waals surface area contributed by atoms with Crippen molar-refractivity contribution in [3.8, 4) is 5.75 Å². The number of carbonyl (C=O) groups excluding carboxylic acids is 3. The molecule has 6 nitrogen and oxygen atoms in total. The summed E-state index contributed by atoms with van der Waals surface area (Å²) in [7, 11) is 0. The number of hydrogen-bond acceptors (Lipinski definition) is 4. The van der Waals surface area contributed by atoms with Crippen molar-refractivity contribution < 1.29 is 19.1 Å². The lowest BCUT2D eigenvalue weighted by Crippen LogP contribution is -2.54. The fraction of sp³-hybridized carbons (Fsp3) is 0.367. The highest BCUT2D eigenvalue weighted by Crippen LogP contribution is 2.60. The topological polar surface area (TPSA) is 75.7 Å². The largest absolute Gasteiger partial charge is 0.487 e. The van der Waals surface area contributed by atoms with E-state index in [-0.39, 0.29) is 17.6 Å². The van der Waals surface area contributed by atoms with Crippen LogP contribution in [0.4, 0.5) is 10.5 Å². The van der Waals surface area contributed by atoms with Crippen LogP contribution >= 0.6 is 27.5 Å². The number of benzene rings is 2. The molecule has 2 aromatic rings. The van der Waals surface area contributed by atoms with Crippen LogP contribution < -0.4 is 15.0 Å². The first-order valence-corrected chi connectivity index (χ1v) is 14.2. The molecule has 196 valence electrons. The first kappa shape index (κ1) is 25.4. The third kappa shape index (κ3) is 4.39. The Morgan fingerprint density at radius 3 is 2.26 bits per heavy atom. The van der Waals surface area contributed by atoms with E-state index in [1.165, 1.54) is 50.2 Å². The first-order chi connectivity index (χ1) is 18.3. The van der Waals surface area contributed by atoms with Crippen molar-refractivity contribution >= 4 is 57.1 Å². The number of nitrogens with zero attached hydrogens (tertiary/aromatic N) is 1. The molecule has 8 heteroatoms. The third-order valence-electron chi connectivity index (χ3n) is 8.55. The minimum Gasteiger partial charge on any atom is -0.487 e. The number of carbonyl (C=O) groups is 3. The van der Waals surface area contributed by atoms with E-state index in [1.54, 1.807) is 18.2 Å². The molecule has 4 amide bonds. The number of urea groups is 1. The van der Waals surface area contributed by atoms with E-state index in [4.69, 9.17) is 16.3 Å². The molecule has 5 aliphatic rings. The van der Waals surface area contributed by atoms with Crippen LogP contribution in [0.15, 0.2) is 59.1 Å². The van der Waals surface area contributed by atoms with Gasteiger partial charge in [-0.3, -0.25) is 14.9 Å². The highest BCUT2D eigenvalue weighted by atomic mass is 79.9. The van der Waals surface area contributed by atoms with Crippen molar-refractivity contribution in [2.45, 2.75) is 43.9 Å². The summed E-state index contributed by atoms with van der Waals surface area (Å²) in [6.07, 6.45) is 10.8. The van der Waals surface area contributed by atoms with Gasteiger partial charge in [0.25, 0.3) is 11.8 Å². The standard InChI is InChI=1S/C30H28BrClN2O4/c1-2-7-38-26-24(31)12-17(13-25(26)32)11-23-27(35)33-29(37)34(28(23)36)22-5-3-21(4-6-22)30-14-18-8-19(15-30)10-20(9-18)16-30/h2-6,11-13,18-20H,1,7-10,14-16H2,(H,33,35,37)/b23-11+. The zero-order chi connectivity index (χ0) is 26.6. The third-order valence-corrected chi connectivity index (χ3v) is 9.42. The number of nitrogens with one attached hydrogen (secondary N) is 1. The molecule has 2 aromatic carbocycles. The van der Waals surface area contributed by atoms with Crippen LogP contribution in [0, 0.1) is 17.8 Å². The maximum atomic E-state index is 13.4. The van der Waals surface area contributed by atoms with Gasteiger partial charge in [-0.1, -0.05) is 36.4 Å². The van der Waals surface area contributed by atoms with Crippen molar-refractivity contribution in [2.75, 3.05) is 11.5 Å². The van der Waals surface area contributed by atoms with E-state index in [0.29, 0.717) is 26.5 Å². The molecule has 5 fully saturated rings. The summed E-state index contributed by atoms with van der Waals surface area (Å²) >= 11 is 9.79. The van der Waals surface area contributed by atoms with E-state index in [9.17, 15) is 14.4 Å². The van der Waals surface area contributed by atoms with E-state index in [2.05, 4.69) is 40.0 Å². The summed E-state index contributed by atoms with van der Waals surface area (Å²) in [5.74, 6) is 1.48. The fourth-order valence-corrected chi connectivity index (χ4v) is 8.42. The van der Waals surface area contributed by atoms with Crippen LogP contribution in [0.3, 0.4) is 0 Å². The zero-order valence-electron chi connectivity index (χ0n) is 20.8. The number of rotatable bonds is 6. The average molecular weight is 596 g/mol. The molecule has 0 atom stereocenters. The van der Waals surface area contributed by atoms with Crippen molar-refractivity contribution in [1.29, 1.82) is 0 Å². The second kappa shape index (κ2) is 9.69. The smallest absolute Gasteiger partial charge is 0.335 e. The summed E-state index contributed by atoms with van der Waals surface area (Å²) in [5.41, 5.74) is 2.31. The van der Waals surface area contributed by atoms with Crippen molar-refractivity contribution in [1.82, 2.24) is 5.32 Å². The molecule has 4 saturated carbocycles. The quantitative estimate of drug-likeness (QED) is 0.226. The number of barbiturate groups is 1. The fourth-order valence-electron chi connectivity index (χ4n) is 7.43. The first-order valence-electron chi connectivity index (χ1n) is 13.0. The van der Waals surface area contributed by atoms with Gasteiger partial charge in [0.15, 0.2) is 5.75 Å². The van der Waals surface area contributed by atoms with Gasteiger partial charge in [-0.05, 0) is 119 Å². The van der Waals surface area contributed by atoms with Crippen LogP contribution in [0.1, 0.15) is 49.7 Å². The highest BCUT2D eigenvalue weighted by Gasteiger charge is 2.51. The predicted octanol–water partition coefficient (Wildman–Crippen LogP) is 6.80. The van der Waals surface area contributed by atoms with Crippen LogP contribution in [0.5, 0.6) is 5.75 Å². The molecule has 4 bridgehead atoms. The Morgan fingerprint density at radius 1 is 1.05 bits per heavy atom. The zero-order valence-corrected chi connectivity index (χ0v) is 23.2. The van der Waals surface area contributed by atoms with Crippen LogP contribution in [0.25, 0.3) is 6.08 Å². The number of anilines is 1. The van der Waals surface area contributed by atoms with Crippen LogP contribution in [-0.4, -0.2) is 24.5 Å². The van der Waals surface area contributed by atoms with Crippen molar-refractivity contribution in [3.63, 3.8) is 0 Å². The van der Waals surface area contributed by atoms with Crippen molar-refractivity contribution in [3.05, 3.63) is 75.2 Å². The Bertz CT molecular complexity index is 1320. The van der Waals surface area contributed by atoms with Gasteiger partial charge < -0.3 is 4.74 Å². The normalized spacial score (nSPS) is 29.1. The summed E-state index contributed by atoms with van der Waals surface area (Å²) in [6.45, 7) is 3.90. The van der Waals surface area contributed by atoms with Crippen LogP contribution in [0.2, 0.25) is 5.02 Å². The van der Waals surface area contributed by atoms with Crippen LogP contribution in [-0.2, 0) is 15.0 Å². The highest BCUT2D eigenvalue weighted by molar-refractivity contribution is 9.10. The lowest BCUT2D eigenvalue weighted by atomic mass is 9.48. The number of halogens is 2. The maximum Gasteiger partial charge on any atom is 0.335 e. The van der Waals surface area contributed by atoms with Gasteiger partial charge >= 0.3 is 6.03 Å². The Hall–Kier alpha value is -2.90. The number of amides is 4. The molecule has 7 rings (SSSR count). The molecular weight excluding hydrogens is 568 g/mol. The Kier molecular flexibility index (Phi) is 6.47. The van der Waals surface area contributed by atoms with Gasteiger partial charge in [0.05, 0.1) is 15.2 Å². The number of hydrogen-bond donors (Lipinski definition) is 1. The van der Waals surface area contributed by atoms with Gasteiger partial charge in [0.2, 0.25) is 0 Å². The SMILES string of the molecule is C=CCOc1c(Cl)cc(/C=C2\C(=O)NC(=O)N(c3ccc(C45CC6CC(CC(C6)C4)C5)cc3)C2=O)cc1Br. The maximum absolute atomic E-state index is 13.4. The summed E-state index contributed by atoms with van der Waals surface area (Å²) in [6, 6.07) is 10.3. The predicted molar refractivity (Wildman–Crippen MR) is 150 cm³/mol. The average Bonchev–Trinajstić information content (AvgIpc) is 2.85. The minimum atomic E-state index is -0.757. The molecule has 38 heavy (non-hydrogen) atoms. The Labute approximate surface area is 235 Å². The monoisotopic (exact) mass is 594 g/mol. The van der Waals surface area contributed by atoms with Gasteiger partial charge in [0, 0.05) is 0 Å². The number of ether oxygens (including phenoxy) is 1. The molecule has 1 aliphatic heterocycles. The van der Waals surface area contributed by atoms with E-state index < -0.39 is 17.8 Å². The molecule has 0 radical (unpaired) electrons. The van der Waals surface area contributed by atoms with E-state index >= 15 is 0 Å². The van der Waals surface area contributed by atoms with Gasteiger partial charge in [-0.2, -0.15) is 0 Å². The molecular formula is C30H28BrClN2O4. The molecule has 1 heterocycles. The molecule has 1 N–H and O–H groups in total. The molecule has 0 unspecified atom stereocenters. The molecule has 0 aromatic heterocycles. The molecule has 4 aliphatic carbocycles. The van der Waals surface area contributed by atoms with Gasteiger partial charge in [0.1, 0.15) is 12.2 Å². The summed E-state index contributed by atoms with van der Waals surface area (Å²) in [5, 5.41) is 2.61.